The first-order valence-electron chi connectivity index (χ1n) is 9.73. The third-order valence-electron chi connectivity index (χ3n) is 5.36. The van der Waals surface area contributed by atoms with E-state index in [1.165, 1.54) is 12.5 Å². The number of carbonyl (C=O) groups excluding carboxylic acids is 1. The monoisotopic (exact) mass is 392 g/mol. The lowest BCUT2D eigenvalue weighted by atomic mass is 9.92. The Bertz CT molecular complexity index is 668. The average molecular weight is 393 g/mol. The number of thiocarbonyl (C=S) groups is 1. The molecule has 2 heterocycles. The van der Waals surface area contributed by atoms with Gasteiger partial charge in [0.05, 0.1) is 12.2 Å². The van der Waals surface area contributed by atoms with Crippen molar-refractivity contribution in [1.82, 2.24) is 14.7 Å². The van der Waals surface area contributed by atoms with Crippen molar-refractivity contribution in [3.63, 3.8) is 0 Å². The Hall–Kier alpha value is -1.73. The van der Waals surface area contributed by atoms with Crippen molar-refractivity contribution < 1.29 is 9.18 Å². The van der Waals surface area contributed by atoms with Crippen molar-refractivity contribution >= 4 is 28.9 Å². The fourth-order valence-electron chi connectivity index (χ4n) is 4.02. The predicted molar refractivity (Wildman–Crippen MR) is 110 cm³/mol. The highest BCUT2D eigenvalue weighted by atomic mass is 32.1. The molecule has 1 aromatic carbocycles. The van der Waals surface area contributed by atoms with E-state index in [2.05, 4.69) is 24.1 Å². The van der Waals surface area contributed by atoms with Crippen molar-refractivity contribution in [3.8, 4) is 0 Å². The van der Waals surface area contributed by atoms with Gasteiger partial charge in [-0.05, 0) is 42.6 Å². The predicted octanol–water partition coefficient (Wildman–Crippen LogP) is 2.64. The Morgan fingerprint density at radius 2 is 1.74 bits per heavy atom. The van der Waals surface area contributed by atoms with Gasteiger partial charge in [0.2, 0.25) is 5.91 Å². The van der Waals surface area contributed by atoms with Crippen LogP contribution in [0.1, 0.15) is 20.3 Å². The van der Waals surface area contributed by atoms with E-state index >= 15 is 0 Å². The van der Waals surface area contributed by atoms with Crippen LogP contribution in [0.4, 0.5) is 10.1 Å². The minimum atomic E-state index is -0.311. The van der Waals surface area contributed by atoms with Crippen LogP contribution in [0.2, 0.25) is 0 Å². The van der Waals surface area contributed by atoms with E-state index in [0.717, 1.165) is 39.3 Å². The Kier molecular flexibility index (Phi) is 6.65. The molecule has 2 atom stereocenters. The second-order valence-corrected chi connectivity index (χ2v) is 8.30. The van der Waals surface area contributed by atoms with Crippen LogP contribution in [0.15, 0.2) is 24.3 Å². The van der Waals surface area contributed by atoms with Gasteiger partial charge in [-0.15, -0.1) is 0 Å². The van der Waals surface area contributed by atoms with Crippen molar-refractivity contribution in [2.24, 2.45) is 11.8 Å². The van der Waals surface area contributed by atoms with Crippen LogP contribution in [0.25, 0.3) is 0 Å². The molecule has 27 heavy (non-hydrogen) atoms. The molecule has 0 aliphatic carbocycles. The number of piperazine rings is 1. The Labute approximate surface area is 166 Å². The molecule has 7 heteroatoms. The molecule has 148 valence electrons. The van der Waals surface area contributed by atoms with Gasteiger partial charge in [-0.1, -0.05) is 26.0 Å². The van der Waals surface area contributed by atoms with E-state index in [9.17, 15) is 9.18 Å². The lowest BCUT2D eigenvalue weighted by Gasteiger charge is -2.39. The minimum absolute atomic E-state index is 0.230. The van der Waals surface area contributed by atoms with Gasteiger partial charge in [0.1, 0.15) is 5.82 Å². The summed E-state index contributed by atoms with van der Waals surface area (Å²) in [6.45, 7) is 9.70. The summed E-state index contributed by atoms with van der Waals surface area (Å²) in [6.07, 6.45) is 1.20. The Balaban J connectivity index is 1.45. The fraction of sp³-hybridized carbons (Fsp3) is 0.600. The molecule has 0 saturated carbocycles. The average Bonchev–Trinajstić information content (AvgIpc) is 2.63. The van der Waals surface area contributed by atoms with E-state index in [0.29, 0.717) is 29.2 Å². The van der Waals surface area contributed by atoms with Crippen LogP contribution in [0, 0.1) is 17.7 Å². The summed E-state index contributed by atoms with van der Waals surface area (Å²) in [6, 6.07) is 6.52. The molecular weight excluding hydrogens is 363 g/mol. The van der Waals surface area contributed by atoms with Crippen LogP contribution < -0.4 is 5.32 Å². The molecule has 0 radical (unpaired) electrons. The van der Waals surface area contributed by atoms with E-state index in [1.807, 2.05) is 9.80 Å². The number of hydrogen-bond donors (Lipinski definition) is 1. The largest absolute Gasteiger partial charge is 0.346 e. The quantitative estimate of drug-likeness (QED) is 0.801. The number of hydrogen-bond acceptors (Lipinski definition) is 3. The number of para-hydroxylation sites is 1. The number of nitrogens with one attached hydrogen (secondary N) is 1. The Morgan fingerprint density at radius 3 is 2.37 bits per heavy atom. The zero-order chi connectivity index (χ0) is 19.4. The molecule has 2 aliphatic heterocycles. The van der Waals surface area contributed by atoms with E-state index < -0.39 is 0 Å². The summed E-state index contributed by atoms with van der Waals surface area (Å²) in [5.41, 5.74) is 0.397. The number of nitrogens with zero attached hydrogens (tertiary/aromatic N) is 3. The topological polar surface area (TPSA) is 38.8 Å². The number of piperidine rings is 1. The van der Waals surface area contributed by atoms with Crippen LogP contribution in [0.3, 0.4) is 0 Å². The Morgan fingerprint density at radius 1 is 1.11 bits per heavy atom. The van der Waals surface area contributed by atoms with Gasteiger partial charge < -0.3 is 15.1 Å². The van der Waals surface area contributed by atoms with Gasteiger partial charge in [-0.3, -0.25) is 9.69 Å². The molecule has 2 fully saturated rings. The van der Waals surface area contributed by atoms with E-state index in [-0.39, 0.29) is 11.7 Å². The first-order chi connectivity index (χ1) is 12.9. The summed E-state index contributed by atoms with van der Waals surface area (Å²) in [5, 5.41) is 3.52. The molecule has 1 amide bonds. The maximum atomic E-state index is 13.8. The zero-order valence-electron chi connectivity index (χ0n) is 16.2. The maximum absolute atomic E-state index is 13.8. The highest BCUT2D eigenvalue weighted by Gasteiger charge is 2.27. The molecule has 1 N–H and O–H groups in total. The highest BCUT2D eigenvalue weighted by Crippen LogP contribution is 2.21. The molecule has 0 spiro atoms. The van der Waals surface area contributed by atoms with Gasteiger partial charge in [-0.25, -0.2) is 4.39 Å². The van der Waals surface area contributed by atoms with E-state index in [1.54, 1.807) is 18.2 Å². The van der Waals surface area contributed by atoms with Gasteiger partial charge >= 0.3 is 0 Å². The third kappa shape index (κ3) is 5.39. The van der Waals surface area contributed by atoms with E-state index in [4.69, 9.17) is 12.2 Å². The number of amides is 1. The van der Waals surface area contributed by atoms with Gasteiger partial charge in [0.25, 0.3) is 0 Å². The van der Waals surface area contributed by atoms with Crippen molar-refractivity contribution in [2.45, 2.75) is 20.3 Å². The van der Waals surface area contributed by atoms with Crippen LogP contribution >= 0.6 is 12.2 Å². The summed E-state index contributed by atoms with van der Waals surface area (Å²) in [5.74, 6) is 1.08. The first-order valence-corrected chi connectivity index (χ1v) is 10.1. The molecule has 3 rings (SSSR count). The molecule has 2 saturated heterocycles. The normalized spacial score (nSPS) is 24.0. The third-order valence-corrected chi connectivity index (χ3v) is 5.72. The lowest BCUT2D eigenvalue weighted by molar-refractivity contribution is -0.135. The smallest absolute Gasteiger partial charge is 0.236 e. The molecule has 1 aromatic rings. The molecule has 5 nitrogen and oxygen atoms in total. The first kappa shape index (κ1) is 20.0. The van der Waals surface area contributed by atoms with Crippen molar-refractivity contribution in [1.29, 1.82) is 0 Å². The zero-order valence-corrected chi connectivity index (χ0v) is 17.0. The van der Waals surface area contributed by atoms with Crippen LogP contribution in [0.5, 0.6) is 0 Å². The lowest BCUT2D eigenvalue weighted by Crippen LogP contribution is -2.53. The molecule has 2 aliphatic rings. The molecule has 0 aromatic heterocycles. The SMILES string of the molecule is C[C@@H]1C[C@H](C)CN(C(=O)CN2CCN(C(=S)Nc3ccccc3F)CC2)C1. The second kappa shape index (κ2) is 8.97. The van der Waals surface area contributed by atoms with Crippen LogP contribution in [-0.2, 0) is 4.79 Å². The van der Waals surface area contributed by atoms with Crippen molar-refractivity contribution in [3.05, 3.63) is 30.1 Å². The fourth-order valence-corrected chi connectivity index (χ4v) is 4.32. The summed E-state index contributed by atoms with van der Waals surface area (Å²) in [7, 11) is 0. The number of rotatable bonds is 3. The highest BCUT2D eigenvalue weighted by molar-refractivity contribution is 7.80. The maximum Gasteiger partial charge on any atom is 0.236 e. The molecule has 0 unspecified atom stereocenters. The number of benzene rings is 1. The number of likely N-dealkylation sites (tertiary alicyclic amines) is 1. The summed E-state index contributed by atoms with van der Waals surface area (Å²) in [4.78, 5) is 18.9. The standard InChI is InChI=1S/C20H29FN4OS/c1-15-11-16(2)13-25(12-15)19(26)14-23-7-9-24(10-8-23)20(27)22-18-6-4-3-5-17(18)21/h3-6,15-16H,7-14H2,1-2H3,(H,22,27)/t15-,16+. The number of carbonyl (C=O) groups is 1. The minimum Gasteiger partial charge on any atom is -0.346 e. The van der Waals surface area contributed by atoms with Gasteiger partial charge in [0.15, 0.2) is 5.11 Å². The number of halogens is 1. The molecular formula is C20H29FN4OS. The van der Waals surface area contributed by atoms with Gasteiger partial charge in [-0.2, -0.15) is 0 Å². The van der Waals surface area contributed by atoms with Gasteiger partial charge in [0, 0.05) is 39.3 Å². The second-order valence-electron chi connectivity index (χ2n) is 7.92. The van der Waals surface area contributed by atoms with Crippen LogP contribution in [-0.4, -0.2) is 71.5 Å². The van der Waals surface area contributed by atoms with Crippen molar-refractivity contribution in [2.75, 3.05) is 51.1 Å². The summed E-state index contributed by atoms with van der Waals surface area (Å²) < 4.78 is 13.8. The molecule has 0 bridgehead atoms. The number of anilines is 1. The summed E-state index contributed by atoms with van der Waals surface area (Å²) >= 11 is 5.42.